The second-order valence-electron chi connectivity index (χ2n) is 4.86. The van der Waals surface area contributed by atoms with Gasteiger partial charge < -0.3 is 4.74 Å². The predicted octanol–water partition coefficient (Wildman–Crippen LogP) is 3.42. The average Bonchev–Trinajstić information content (AvgIpc) is 3.22. The van der Waals surface area contributed by atoms with Crippen LogP contribution in [0.4, 0.5) is 5.13 Å². The van der Waals surface area contributed by atoms with E-state index in [0.29, 0.717) is 15.8 Å². The summed E-state index contributed by atoms with van der Waals surface area (Å²) in [4.78, 5) is 28.3. The molecule has 0 radical (unpaired) electrons. The summed E-state index contributed by atoms with van der Waals surface area (Å²) in [5, 5.41) is 9.19. The Balaban J connectivity index is 1.56. The largest absolute Gasteiger partial charge is 0.451 e. The van der Waals surface area contributed by atoms with E-state index in [1.165, 1.54) is 11.3 Å². The van der Waals surface area contributed by atoms with Gasteiger partial charge in [0.05, 0.1) is 11.4 Å². The van der Waals surface area contributed by atoms with Crippen molar-refractivity contribution in [3.63, 3.8) is 0 Å². The lowest BCUT2D eigenvalue weighted by molar-refractivity contribution is -0.119. The maximum absolute atomic E-state index is 11.9. The molecule has 3 aromatic rings. The molecule has 0 fully saturated rings. The van der Waals surface area contributed by atoms with Gasteiger partial charge in [-0.25, -0.2) is 9.78 Å². The SMILES string of the molecule is Cc1nnsc1C(=O)OCC(=O)Nc1nc(-c2ccc(Cl)cc2)cs1. The molecule has 2 aromatic heterocycles. The van der Waals surface area contributed by atoms with E-state index in [2.05, 4.69) is 19.9 Å². The first kappa shape index (κ1) is 17.5. The number of esters is 1. The summed E-state index contributed by atoms with van der Waals surface area (Å²) in [5.41, 5.74) is 2.09. The lowest BCUT2D eigenvalue weighted by Crippen LogP contribution is -2.20. The third kappa shape index (κ3) is 4.38. The summed E-state index contributed by atoms with van der Waals surface area (Å²) in [6.45, 7) is 1.24. The van der Waals surface area contributed by atoms with Gasteiger partial charge in [0.25, 0.3) is 5.91 Å². The molecule has 0 aliphatic heterocycles. The minimum absolute atomic E-state index is 0.284. The maximum Gasteiger partial charge on any atom is 0.352 e. The number of hydrogen-bond donors (Lipinski definition) is 1. The van der Waals surface area contributed by atoms with Crippen LogP contribution in [-0.2, 0) is 9.53 Å². The summed E-state index contributed by atoms with van der Waals surface area (Å²) in [7, 11) is 0. The van der Waals surface area contributed by atoms with Crippen LogP contribution in [0.3, 0.4) is 0 Å². The number of nitrogens with zero attached hydrogens (tertiary/aromatic N) is 3. The molecule has 0 saturated heterocycles. The highest BCUT2D eigenvalue weighted by atomic mass is 35.5. The third-order valence-corrected chi connectivity index (χ3v) is 4.88. The lowest BCUT2D eigenvalue weighted by Gasteiger charge is -2.03. The number of anilines is 1. The molecule has 0 saturated carbocycles. The highest BCUT2D eigenvalue weighted by molar-refractivity contribution is 7.14. The van der Waals surface area contributed by atoms with Crippen LogP contribution in [0.15, 0.2) is 29.6 Å². The molecule has 1 N–H and O–H groups in total. The molecule has 25 heavy (non-hydrogen) atoms. The molecule has 0 unspecified atom stereocenters. The van der Waals surface area contributed by atoms with Crippen LogP contribution in [0.5, 0.6) is 0 Å². The molecule has 0 bridgehead atoms. The van der Waals surface area contributed by atoms with Gasteiger partial charge in [-0.1, -0.05) is 28.2 Å². The zero-order chi connectivity index (χ0) is 17.8. The smallest absolute Gasteiger partial charge is 0.352 e. The summed E-state index contributed by atoms with van der Waals surface area (Å²) < 4.78 is 8.60. The molecule has 128 valence electrons. The molecular formula is C15H11ClN4O3S2. The summed E-state index contributed by atoms with van der Waals surface area (Å²) >= 11 is 8.06. The zero-order valence-corrected chi connectivity index (χ0v) is 15.2. The number of hydrogen-bond acceptors (Lipinski definition) is 8. The number of thiazole rings is 1. The first-order valence-corrected chi connectivity index (χ1v) is 9.03. The monoisotopic (exact) mass is 394 g/mol. The highest BCUT2D eigenvalue weighted by Crippen LogP contribution is 2.25. The molecular weight excluding hydrogens is 384 g/mol. The van der Waals surface area contributed by atoms with Gasteiger partial charge in [-0.2, -0.15) is 0 Å². The van der Waals surface area contributed by atoms with Crippen molar-refractivity contribution in [1.82, 2.24) is 14.6 Å². The van der Waals surface area contributed by atoms with Gasteiger partial charge in [0.1, 0.15) is 0 Å². The van der Waals surface area contributed by atoms with Crippen LogP contribution in [-0.4, -0.2) is 33.1 Å². The standard InChI is InChI=1S/C15H11ClN4O3S2/c1-8-13(25-20-19-8)14(22)23-6-12(21)18-15-17-11(7-24-15)9-2-4-10(16)5-3-9/h2-5,7H,6H2,1H3,(H,17,18,21). The van der Waals surface area contributed by atoms with Crippen molar-refractivity contribution in [1.29, 1.82) is 0 Å². The van der Waals surface area contributed by atoms with E-state index in [1.807, 2.05) is 17.5 Å². The fraction of sp³-hybridized carbons (Fsp3) is 0.133. The number of ether oxygens (including phenoxy) is 1. The quantitative estimate of drug-likeness (QED) is 0.666. The van der Waals surface area contributed by atoms with Gasteiger partial charge in [-0.3, -0.25) is 10.1 Å². The topological polar surface area (TPSA) is 94.1 Å². The fourth-order valence-electron chi connectivity index (χ4n) is 1.86. The van der Waals surface area contributed by atoms with Gasteiger partial charge in [0.2, 0.25) is 0 Å². The summed E-state index contributed by atoms with van der Waals surface area (Å²) in [6.07, 6.45) is 0. The Labute approximate surface area is 155 Å². The molecule has 0 atom stereocenters. The molecule has 1 amide bonds. The van der Waals surface area contributed by atoms with Crippen LogP contribution < -0.4 is 5.32 Å². The number of amides is 1. The third-order valence-electron chi connectivity index (χ3n) is 3.06. The van der Waals surface area contributed by atoms with Gasteiger partial charge in [-0.15, -0.1) is 16.4 Å². The normalized spacial score (nSPS) is 10.5. The van der Waals surface area contributed by atoms with Crippen LogP contribution in [0, 0.1) is 6.92 Å². The second kappa shape index (κ2) is 7.68. The Bertz CT molecular complexity index is 908. The minimum atomic E-state index is -0.622. The maximum atomic E-state index is 11.9. The first-order chi connectivity index (χ1) is 12.0. The van der Waals surface area contributed by atoms with E-state index >= 15 is 0 Å². The van der Waals surface area contributed by atoms with E-state index in [1.54, 1.807) is 19.1 Å². The Morgan fingerprint density at radius 2 is 2.04 bits per heavy atom. The van der Waals surface area contributed by atoms with E-state index in [9.17, 15) is 9.59 Å². The summed E-state index contributed by atoms with van der Waals surface area (Å²) in [6, 6.07) is 7.22. The molecule has 0 aliphatic rings. The van der Waals surface area contributed by atoms with E-state index < -0.39 is 18.5 Å². The van der Waals surface area contributed by atoms with Crippen molar-refractivity contribution in [3.05, 3.63) is 45.2 Å². The number of halogens is 1. The number of rotatable bonds is 5. The molecule has 7 nitrogen and oxygen atoms in total. The van der Waals surface area contributed by atoms with Crippen LogP contribution >= 0.6 is 34.5 Å². The predicted molar refractivity (Wildman–Crippen MR) is 96.1 cm³/mol. The van der Waals surface area contributed by atoms with Gasteiger partial charge >= 0.3 is 5.97 Å². The van der Waals surface area contributed by atoms with Gasteiger partial charge in [0, 0.05) is 16.0 Å². The zero-order valence-electron chi connectivity index (χ0n) is 12.9. The second-order valence-corrected chi connectivity index (χ2v) is 6.91. The van der Waals surface area contributed by atoms with Crippen LogP contribution in [0.25, 0.3) is 11.3 Å². The number of benzene rings is 1. The Hall–Kier alpha value is -2.36. The molecule has 10 heteroatoms. The highest BCUT2D eigenvalue weighted by Gasteiger charge is 2.16. The van der Waals surface area contributed by atoms with Crippen molar-refractivity contribution in [2.24, 2.45) is 0 Å². The van der Waals surface area contributed by atoms with Gasteiger partial charge in [-0.05, 0) is 30.6 Å². The Morgan fingerprint density at radius 3 is 2.72 bits per heavy atom. The first-order valence-electron chi connectivity index (χ1n) is 7.00. The minimum Gasteiger partial charge on any atom is -0.451 e. The molecule has 0 aliphatic carbocycles. The number of nitrogens with one attached hydrogen (secondary N) is 1. The summed E-state index contributed by atoms with van der Waals surface area (Å²) in [5.74, 6) is -1.09. The van der Waals surface area contributed by atoms with Crippen LogP contribution in [0.2, 0.25) is 5.02 Å². The average molecular weight is 395 g/mol. The van der Waals surface area contributed by atoms with E-state index in [0.717, 1.165) is 22.8 Å². The molecule has 0 spiro atoms. The Kier molecular flexibility index (Phi) is 5.37. The molecule has 3 rings (SSSR count). The van der Waals surface area contributed by atoms with Crippen molar-refractivity contribution < 1.29 is 14.3 Å². The number of carbonyl (C=O) groups excluding carboxylic acids is 2. The van der Waals surface area contributed by atoms with Crippen molar-refractivity contribution >= 4 is 51.5 Å². The van der Waals surface area contributed by atoms with E-state index in [-0.39, 0.29) is 4.88 Å². The van der Waals surface area contributed by atoms with Crippen molar-refractivity contribution in [2.45, 2.75) is 6.92 Å². The van der Waals surface area contributed by atoms with Crippen molar-refractivity contribution in [3.8, 4) is 11.3 Å². The number of carbonyl (C=O) groups is 2. The Morgan fingerprint density at radius 1 is 1.28 bits per heavy atom. The van der Waals surface area contributed by atoms with E-state index in [4.69, 9.17) is 16.3 Å². The lowest BCUT2D eigenvalue weighted by atomic mass is 10.2. The fourth-order valence-corrected chi connectivity index (χ4v) is 3.27. The van der Waals surface area contributed by atoms with Gasteiger partial charge in [0.15, 0.2) is 16.6 Å². The molecule has 2 heterocycles. The van der Waals surface area contributed by atoms with Crippen LogP contribution in [0.1, 0.15) is 15.4 Å². The number of aryl methyl sites for hydroxylation is 1. The van der Waals surface area contributed by atoms with Crippen molar-refractivity contribution in [2.75, 3.05) is 11.9 Å². The number of aromatic nitrogens is 3. The molecule has 1 aromatic carbocycles.